The van der Waals surface area contributed by atoms with Gasteiger partial charge in [-0.15, -0.1) is 0 Å². The summed E-state index contributed by atoms with van der Waals surface area (Å²) in [4.78, 5) is 0. The summed E-state index contributed by atoms with van der Waals surface area (Å²) in [6.45, 7) is 0. The van der Waals surface area contributed by atoms with E-state index in [2.05, 4.69) is 0 Å². The van der Waals surface area contributed by atoms with Crippen LogP contribution < -0.4 is 4.74 Å². The van der Waals surface area contributed by atoms with Gasteiger partial charge in [-0.1, -0.05) is 11.6 Å². The Labute approximate surface area is 92.0 Å². The maximum atomic E-state index is 13.7. The molecule has 0 bridgehead atoms. The molecule has 4 heteroatoms. The lowest BCUT2D eigenvalue weighted by Gasteiger charge is -2.16. The van der Waals surface area contributed by atoms with Crippen LogP contribution in [0.25, 0.3) is 0 Å². The molecule has 0 atom stereocenters. The molecule has 2 rings (SSSR count). The summed E-state index contributed by atoms with van der Waals surface area (Å²) in [5.74, 6) is -2.84. The average Bonchev–Trinajstić information content (AvgIpc) is 3.00. The van der Waals surface area contributed by atoms with Gasteiger partial charge in [-0.25, -0.2) is 8.78 Å². The summed E-state index contributed by atoms with van der Waals surface area (Å²) in [6.07, 6.45) is 1.19. The summed E-state index contributed by atoms with van der Waals surface area (Å²) in [7, 11) is 1.46. The number of hydrogen-bond donors (Lipinski definition) is 0. The van der Waals surface area contributed by atoms with Crippen molar-refractivity contribution >= 4 is 11.6 Å². The lowest BCUT2D eigenvalue weighted by molar-refractivity contribution is -0.0285. The predicted molar refractivity (Wildman–Crippen MR) is 54.6 cm³/mol. The number of benzene rings is 1. The molecule has 1 aromatic carbocycles. The molecule has 0 heterocycles. The van der Waals surface area contributed by atoms with E-state index in [-0.39, 0.29) is 10.6 Å². The molecule has 1 aliphatic rings. The Balaban J connectivity index is 2.32. The van der Waals surface area contributed by atoms with Gasteiger partial charge in [0.25, 0.3) is 5.92 Å². The Morgan fingerprint density at radius 2 is 2.07 bits per heavy atom. The number of hydrogen-bond acceptors (Lipinski definition) is 1. The quantitative estimate of drug-likeness (QED) is 0.769. The van der Waals surface area contributed by atoms with Gasteiger partial charge >= 0.3 is 0 Å². The fourth-order valence-electron chi connectivity index (χ4n) is 1.56. The third-order valence-electron chi connectivity index (χ3n) is 2.63. The van der Waals surface area contributed by atoms with Crippen molar-refractivity contribution in [2.75, 3.05) is 7.11 Å². The van der Waals surface area contributed by atoms with Crippen LogP contribution in [0.2, 0.25) is 5.02 Å². The minimum atomic E-state index is -2.75. The Bertz CT molecular complexity index is 375. The van der Waals surface area contributed by atoms with Crippen LogP contribution in [-0.2, 0) is 5.92 Å². The third kappa shape index (κ3) is 1.93. The molecule has 82 valence electrons. The highest BCUT2D eigenvalue weighted by molar-refractivity contribution is 6.32. The molecule has 0 radical (unpaired) electrons. The molecule has 0 aromatic heterocycles. The first-order valence-corrected chi connectivity index (χ1v) is 5.15. The van der Waals surface area contributed by atoms with Gasteiger partial charge in [0, 0.05) is 11.5 Å². The SMILES string of the molecule is COc1ccc(C(F)(F)C2CC2)cc1Cl. The van der Waals surface area contributed by atoms with Crippen LogP contribution in [0, 0.1) is 5.92 Å². The second-order valence-electron chi connectivity index (χ2n) is 3.75. The molecule has 1 nitrogen and oxygen atoms in total. The van der Waals surface area contributed by atoms with Gasteiger partial charge in [0.1, 0.15) is 5.75 Å². The van der Waals surface area contributed by atoms with Crippen molar-refractivity contribution in [2.45, 2.75) is 18.8 Å². The zero-order chi connectivity index (χ0) is 11.1. The van der Waals surface area contributed by atoms with Crippen molar-refractivity contribution in [2.24, 2.45) is 5.92 Å². The van der Waals surface area contributed by atoms with Crippen molar-refractivity contribution in [3.05, 3.63) is 28.8 Å². The Morgan fingerprint density at radius 1 is 1.40 bits per heavy atom. The number of halogens is 3. The fourth-order valence-corrected chi connectivity index (χ4v) is 1.81. The van der Waals surface area contributed by atoms with Crippen molar-refractivity contribution in [3.63, 3.8) is 0 Å². The number of ether oxygens (including phenoxy) is 1. The smallest absolute Gasteiger partial charge is 0.276 e. The standard InChI is InChI=1S/C11H11ClF2O/c1-15-10-5-4-8(6-9(10)12)11(13,14)7-2-3-7/h4-7H,2-3H2,1H3. The summed E-state index contributed by atoms with van der Waals surface area (Å²) in [5, 5.41) is 0.232. The van der Waals surface area contributed by atoms with Gasteiger partial charge in [-0.3, -0.25) is 0 Å². The van der Waals surface area contributed by atoms with Crippen LogP contribution >= 0.6 is 11.6 Å². The van der Waals surface area contributed by atoms with E-state index in [1.165, 1.54) is 25.3 Å². The second kappa shape index (κ2) is 3.63. The molecule has 1 aromatic rings. The van der Waals surface area contributed by atoms with Gasteiger partial charge < -0.3 is 4.74 Å². The maximum Gasteiger partial charge on any atom is 0.276 e. The molecule has 0 spiro atoms. The molecule has 0 unspecified atom stereocenters. The van der Waals surface area contributed by atoms with Crippen LogP contribution in [0.1, 0.15) is 18.4 Å². The van der Waals surface area contributed by atoms with E-state index in [0.717, 1.165) is 0 Å². The van der Waals surface area contributed by atoms with Crippen LogP contribution in [-0.4, -0.2) is 7.11 Å². The largest absolute Gasteiger partial charge is 0.495 e. The van der Waals surface area contributed by atoms with Crippen molar-refractivity contribution in [1.29, 1.82) is 0 Å². The fraction of sp³-hybridized carbons (Fsp3) is 0.455. The number of alkyl halides is 2. The molecule has 0 aliphatic heterocycles. The van der Waals surface area contributed by atoms with E-state index in [9.17, 15) is 8.78 Å². The first kappa shape index (κ1) is 10.7. The van der Waals surface area contributed by atoms with Gasteiger partial charge in [-0.05, 0) is 31.0 Å². The van der Waals surface area contributed by atoms with Crippen LogP contribution in [0.15, 0.2) is 18.2 Å². The molecule has 0 amide bonds. The molecule has 1 saturated carbocycles. The zero-order valence-electron chi connectivity index (χ0n) is 8.27. The monoisotopic (exact) mass is 232 g/mol. The molecule has 0 saturated heterocycles. The van der Waals surface area contributed by atoms with E-state index in [4.69, 9.17) is 16.3 Å². The highest BCUT2D eigenvalue weighted by Gasteiger charge is 2.48. The van der Waals surface area contributed by atoms with Gasteiger partial charge in [0.05, 0.1) is 12.1 Å². The molecule has 0 N–H and O–H groups in total. The number of rotatable bonds is 3. The number of methoxy groups -OCH3 is 1. The first-order chi connectivity index (χ1) is 7.05. The molecule has 1 aliphatic carbocycles. The summed E-state index contributed by atoms with van der Waals surface area (Å²) in [5.41, 5.74) is -0.0178. The third-order valence-corrected chi connectivity index (χ3v) is 2.92. The van der Waals surface area contributed by atoms with E-state index in [1.807, 2.05) is 0 Å². The highest BCUT2D eigenvalue weighted by Crippen LogP contribution is 2.50. The van der Waals surface area contributed by atoms with Crippen molar-refractivity contribution in [3.8, 4) is 5.75 Å². The lowest BCUT2D eigenvalue weighted by atomic mass is 10.0. The Kier molecular flexibility index (Phi) is 2.59. The molecule has 1 fully saturated rings. The molecule has 15 heavy (non-hydrogen) atoms. The van der Waals surface area contributed by atoms with Crippen molar-refractivity contribution in [1.82, 2.24) is 0 Å². The topological polar surface area (TPSA) is 9.23 Å². The highest BCUT2D eigenvalue weighted by atomic mass is 35.5. The molecular weight excluding hydrogens is 222 g/mol. The second-order valence-corrected chi connectivity index (χ2v) is 4.15. The van der Waals surface area contributed by atoms with Gasteiger partial charge in [-0.2, -0.15) is 0 Å². The predicted octanol–water partition coefficient (Wildman–Crippen LogP) is 3.85. The first-order valence-electron chi connectivity index (χ1n) is 4.77. The van der Waals surface area contributed by atoms with E-state index in [1.54, 1.807) is 0 Å². The maximum absolute atomic E-state index is 13.7. The minimum Gasteiger partial charge on any atom is -0.495 e. The normalized spacial score (nSPS) is 16.5. The lowest BCUT2D eigenvalue weighted by Crippen LogP contribution is -2.15. The minimum absolute atomic E-state index is 0.0178. The van der Waals surface area contributed by atoms with Gasteiger partial charge in [0.2, 0.25) is 0 Å². The van der Waals surface area contributed by atoms with E-state index in [0.29, 0.717) is 18.6 Å². The Hall–Kier alpha value is -0.830. The summed E-state index contributed by atoms with van der Waals surface area (Å²) < 4.78 is 32.2. The van der Waals surface area contributed by atoms with Crippen LogP contribution in [0.4, 0.5) is 8.78 Å². The van der Waals surface area contributed by atoms with E-state index < -0.39 is 11.8 Å². The van der Waals surface area contributed by atoms with Crippen molar-refractivity contribution < 1.29 is 13.5 Å². The molecular formula is C11H11ClF2O. The summed E-state index contributed by atoms with van der Waals surface area (Å²) >= 11 is 5.80. The van der Waals surface area contributed by atoms with E-state index >= 15 is 0 Å². The zero-order valence-corrected chi connectivity index (χ0v) is 9.02. The average molecular weight is 233 g/mol. The van der Waals surface area contributed by atoms with Crippen LogP contribution in [0.5, 0.6) is 5.75 Å². The Morgan fingerprint density at radius 3 is 2.53 bits per heavy atom. The van der Waals surface area contributed by atoms with Gasteiger partial charge in [0.15, 0.2) is 0 Å². The van der Waals surface area contributed by atoms with Crippen LogP contribution in [0.3, 0.4) is 0 Å². The summed E-state index contributed by atoms with van der Waals surface area (Å²) in [6, 6.07) is 4.15.